The second kappa shape index (κ2) is 6.12. The van der Waals surface area contributed by atoms with Gasteiger partial charge in [-0.05, 0) is 43.7 Å². The molecule has 0 saturated heterocycles. The summed E-state index contributed by atoms with van der Waals surface area (Å²) < 4.78 is 6.00. The zero-order valence-corrected chi connectivity index (χ0v) is 11.8. The summed E-state index contributed by atoms with van der Waals surface area (Å²) in [5.41, 5.74) is 2.62. The lowest BCUT2D eigenvalue weighted by atomic mass is 9.98. The number of fused-ring (bicyclic) bond motifs is 1. The predicted octanol–water partition coefficient (Wildman–Crippen LogP) is 4.25. The van der Waals surface area contributed by atoms with Gasteiger partial charge in [-0.2, -0.15) is 0 Å². The Kier molecular flexibility index (Phi) is 4.51. The van der Waals surface area contributed by atoms with Crippen LogP contribution in [0.5, 0.6) is 5.75 Å². The maximum atomic E-state index is 6.00. The third-order valence-corrected chi connectivity index (χ3v) is 3.65. The Bertz CT molecular complexity index is 389. The maximum Gasteiger partial charge on any atom is 0.142 e. The van der Waals surface area contributed by atoms with Gasteiger partial charge in [0, 0.05) is 6.04 Å². The zero-order chi connectivity index (χ0) is 13.0. The molecule has 2 unspecified atom stereocenters. The number of ether oxygens (including phenoxy) is 1. The van der Waals surface area contributed by atoms with E-state index in [4.69, 9.17) is 4.74 Å². The van der Waals surface area contributed by atoms with E-state index in [2.05, 4.69) is 44.3 Å². The fourth-order valence-electron chi connectivity index (χ4n) is 2.57. The van der Waals surface area contributed by atoms with Crippen LogP contribution >= 0.6 is 0 Å². The number of aryl methyl sites for hydroxylation is 1. The van der Waals surface area contributed by atoms with E-state index in [0.29, 0.717) is 12.0 Å². The van der Waals surface area contributed by atoms with Gasteiger partial charge in [-0.15, -0.1) is 0 Å². The zero-order valence-electron chi connectivity index (χ0n) is 11.8. The van der Waals surface area contributed by atoms with Crippen molar-refractivity contribution in [3.05, 3.63) is 23.8 Å². The molecule has 2 atom stereocenters. The van der Waals surface area contributed by atoms with Crippen molar-refractivity contribution in [1.29, 1.82) is 0 Å². The predicted molar refractivity (Wildman–Crippen MR) is 77.4 cm³/mol. The summed E-state index contributed by atoms with van der Waals surface area (Å²) in [5.74, 6) is 1.66. The minimum Gasteiger partial charge on any atom is -0.491 e. The smallest absolute Gasteiger partial charge is 0.142 e. The highest BCUT2D eigenvalue weighted by molar-refractivity contribution is 5.63. The van der Waals surface area contributed by atoms with E-state index in [-0.39, 0.29) is 0 Å². The number of hydrogen-bond donors (Lipinski definition) is 1. The molecule has 2 rings (SSSR count). The molecule has 1 aromatic rings. The van der Waals surface area contributed by atoms with Gasteiger partial charge < -0.3 is 10.1 Å². The van der Waals surface area contributed by atoms with Crippen LogP contribution in [0.25, 0.3) is 0 Å². The molecule has 2 heteroatoms. The van der Waals surface area contributed by atoms with Gasteiger partial charge in [-0.3, -0.25) is 0 Å². The topological polar surface area (TPSA) is 21.3 Å². The maximum absolute atomic E-state index is 6.00. The van der Waals surface area contributed by atoms with Crippen molar-refractivity contribution >= 4 is 5.69 Å². The first kappa shape index (κ1) is 13.3. The van der Waals surface area contributed by atoms with Crippen molar-refractivity contribution < 1.29 is 4.74 Å². The van der Waals surface area contributed by atoms with Crippen molar-refractivity contribution in [3.63, 3.8) is 0 Å². The molecule has 1 aliphatic rings. The van der Waals surface area contributed by atoms with E-state index < -0.39 is 0 Å². The number of anilines is 1. The van der Waals surface area contributed by atoms with Crippen molar-refractivity contribution in [2.75, 3.05) is 11.9 Å². The van der Waals surface area contributed by atoms with Gasteiger partial charge in [0.1, 0.15) is 5.75 Å². The van der Waals surface area contributed by atoms with Crippen LogP contribution in [0.15, 0.2) is 18.2 Å². The molecule has 0 aliphatic carbocycles. The van der Waals surface area contributed by atoms with Crippen LogP contribution in [0.1, 0.15) is 45.6 Å². The molecule has 0 spiro atoms. The lowest BCUT2D eigenvalue weighted by Crippen LogP contribution is -2.23. The lowest BCUT2D eigenvalue weighted by molar-refractivity contribution is 0.252. The Hall–Kier alpha value is -1.18. The molecule has 0 amide bonds. The Morgan fingerprint density at radius 3 is 3.06 bits per heavy atom. The molecule has 0 fully saturated rings. The quantitative estimate of drug-likeness (QED) is 0.840. The molecule has 1 N–H and O–H groups in total. The van der Waals surface area contributed by atoms with Crippen LogP contribution < -0.4 is 10.1 Å². The Labute approximate surface area is 111 Å². The van der Waals surface area contributed by atoms with Gasteiger partial charge in [-0.1, -0.05) is 32.4 Å². The largest absolute Gasteiger partial charge is 0.491 e. The minimum atomic E-state index is 0.551. The summed E-state index contributed by atoms with van der Waals surface area (Å²) in [6.07, 6.45) is 4.83. The second-order valence-electron chi connectivity index (χ2n) is 5.58. The van der Waals surface area contributed by atoms with Gasteiger partial charge in [-0.25, -0.2) is 0 Å². The minimum absolute atomic E-state index is 0.551. The van der Waals surface area contributed by atoms with E-state index in [1.54, 1.807) is 0 Å². The molecule has 2 nitrogen and oxygen atoms in total. The Morgan fingerprint density at radius 1 is 1.44 bits per heavy atom. The van der Waals surface area contributed by atoms with Gasteiger partial charge >= 0.3 is 0 Å². The fourth-order valence-corrected chi connectivity index (χ4v) is 2.57. The molecular weight excluding hydrogens is 222 g/mol. The highest BCUT2D eigenvalue weighted by Crippen LogP contribution is 2.34. The van der Waals surface area contributed by atoms with E-state index in [1.165, 1.54) is 30.5 Å². The van der Waals surface area contributed by atoms with Gasteiger partial charge in [0.2, 0.25) is 0 Å². The summed E-state index contributed by atoms with van der Waals surface area (Å²) in [6.45, 7) is 7.54. The lowest BCUT2D eigenvalue weighted by Gasteiger charge is -2.26. The van der Waals surface area contributed by atoms with Crippen LogP contribution in [-0.2, 0) is 6.42 Å². The first-order valence-corrected chi connectivity index (χ1v) is 7.22. The first-order valence-electron chi connectivity index (χ1n) is 7.22. The number of nitrogens with one attached hydrogen (secondary N) is 1. The molecule has 0 bridgehead atoms. The van der Waals surface area contributed by atoms with E-state index in [9.17, 15) is 0 Å². The second-order valence-corrected chi connectivity index (χ2v) is 5.58. The first-order chi connectivity index (χ1) is 8.70. The fraction of sp³-hybridized carbons (Fsp3) is 0.625. The molecule has 1 heterocycles. The average molecular weight is 247 g/mol. The molecule has 0 aromatic heterocycles. The number of rotatable bonds is 5. The molecule has 1 aliphatic heterocycles. The number of para-hydroxylation sites is 1. The van der Waals surface area contributed by atoms with Gasteiger partial charge in [0.15, 0.2) is 0 Å². The van der Waals surface area contributed by atoms with E-state index in [1.807, 2.05) is 0 Å². The Balaban J connectivity index is 2.04. The number of hydrogen-bond acceptors (Lipinski definition) is 2. The molecule has 0 saturated carbocycles. The summed E-state index contributed by atoms with van der Waals surface area (Å²) in [6, 6.07) is 6.95. The SMILES string of the molecule is CCCC(C)COc1cccc2c1NC(C)CC2. The highest BCUT2D eigenvalue weighted by atomic mass is 16.5. The van der Waals surface area contributed by atoms with Crippen molar-refractivity contribution in [3.8, 4) is 5.75 Å². The van der Waals surface area contributed by atoms with E-state index in [0.717, 1.165) is 18.8 Å². The Morgan fingerprint density at radius 2 is 2.28 bits per heavy atom. The summed E-state index contributed by atoms with van der Waals surface area (Å²) in [5, 5.41) is 3.56. The average Bonchev–Trinajstić information content (AvgIpc) is 2.36. The molecule has 100 valence electrons. The van der Waals surface area contributed by atoms with Crippen molar-refractivity contribution in [2.24, 2.45) is 5.92 Å². The molecule has 18 heavy (non-hydrogen) atoms. The van der Waals surface area contributed by atoms with E-state index >= 15 is 0 Å². The third-order valence-electron chi connectivity index (χ3n) is 3.65. The standard InChI is InChI=1S/C16H25NO/c1-4-6-12(2)11-18-15-8-5-7-14-10-9-13(3)17-16(14)15/h5,7-8,12-13,17H,4,6,9-11H2,1-3H3. The molecule has 1 aromatic carbocycles. The highest BCUT2D eigenvalue weighted by Gasteiger charge is 2.17. The van der Waals surface area contributed by atoms with Crippen LogP contribution in [0, 0.1) is 5.92 Å². The van der Waals surface area contributed by atoms with Crippen LogP contribution in [0.2, 0.25) is 0 Å². The van der Waals surface area contributed by atoms with Crippen LogP contribution in [-0.4, -0.2) is 12.6 Å². The molecule has 0 radical (unpaired) electrons. The third kappa shape index (κ3) is 3.18. The number of benzene rings is 1. The normalized spacial score (nSPS) is 19.8. The summed E-state index contributed by atoms with van der Waals surface area (Å²) in [4.78, 5) is 0. The van der Waals surface area contributed by atoms with Crippen LogP contribution in [0.4, 0.5) is 5.69 Å². The van der Waals surface area contributed by atoms with Crippen molar-refractivity contribution in [2.45, 2.75) is 52.5 Å². The summed E-state index contributed by atoms with van der Waals surface area (Å²) in [7, 11) is 0. The summed E-state index contributed by atoms with van der Waals surface area (Å²) >= 11 is 0. The van der Waals surface area contributed by atoms with Gasteiger partial charge in [0.05, 0.1) is 12.3 Å². The van der Waals surface area contributed by atoms with Gasteiger partial charge in [0.25, 0.3) is 0 Å². The monoisotopic (exact) mass is 247 g/mol. The molecular formula is C16H25NO. The van der Waals surface area contributed by atoms with Crippen LogP contribution in [0.3, 0.4) is 0 Å². The van der Waals surface area contributed by atoms with Crippen molar-refractivity contribution in [1.82, 2.24) is 0 Å².